The van der Waals surface area contributed by atoms with Crippen molar-refractivity contribution >= 4 is 29.4 Å². The number of amides is 2. The van der Waals surface area contributed by atoms with Crippen LogP contribution in [0.15, 0.2) is 42.5 Å². The van der Waals surface area contributed by atoms with Gasteiger partial charge in [-0.3, -0.25) is 14.4 Å². The third-order valence-electron chi connectivity index (χ3n) is 5.16. The smallest absolute Gasteiger partial charge is 0.343 e. The van der Waals surface area contributed by atoms with Gasteiger partial charge in [0.2, 0.25) is 5.91 Å². The lowest BCUT2D eigenvalue weighted by Gasteiger charge is -2.20. The Morgan fingerprint density at radius 1 is 1.10 bits per heavy atom. The van der Waals surface area contributed by atoms with Gasteiger partial charge in [0, 0.05) is 19.4 Å². The Bertz CT molecular complexity index is 1070. The molecule has 9 nitrogen and oxygen atoms in total. The van der Waals surface area contributed by atoms with Gasteiger partial charge in [-0.15, -0.1) is 0 Å². The molecule has 0 aliphatic carbocycles. The highest BCUT2D eigenvalue weighted by Crippen LogP contribution is 2.38. The maximum atomic E-state index is 13.1. The van der Waals surface area contributed by atoms with Gasteiger partial charge in [-0.2, -0.15) is 0 Å². The largest absolute Gasteiger partial charge is 0.493 e. The highest BCUT2D eigenvalue weighted by molar-refractivity contribution is 6.11. The molecule has 0 radical (unpaired) electrons. The minimum atomic E-state index is -0.773. The molecule has 2 amide bonds. The molecule has 1 N–H and O–H groups in total. The Balaban J connectivity index is 1.65. The van der Waals surface area contributed by atoms with Crippen molar-refractivity contribution in [2.24, 2.45) is 0 Å². The first-order chi connectivity index (χ1) is 14.9. The number of benzene rings is 2. The van der Waals surface area contributed by atoms with Gasteiger partial charge in [-0.25, -0.2) is 4.79 Å². The predicted molar refractivity (Wildman–Crippen MR) is 108 cm³/mol. The van der Waals surface area contributed by atoms with E-state index in [4.69, 9.17) is 14.2 Å². The zero-order valence-corrected chi connectivity index (χ0v) is 16.9. The van der Waals surface area contributed by atoms with Crippen LogP contribution in [0.5, 0.6) is 11.5 Å². The molecule has 2 heterocycles. The quantitative estimate of drug-likeness (QED) is 0.590. The average Bonchev–Trinajstić information content (AvgIpc) is 3.13. The molecular weight excluding hydrogens is 404 g/mol. The second-order valence-corrected chi connectivity index (χ2v) is 7.23. The lowest BCUT2D eigenvalue weighted by Crippen LogP contribution is -2.40. The lowest BCUT2D eigenvalue weighted by molar-refractivity contribution is -0.145. The van der Waals surface area contributed by atoms with Crippen LogP contribution in [0.4, 0.5) is 5.69 Å². The molecule has 0 spiro atoms. The van der Waals surface area contributed by atoms with Crippen LogP contribution in [-0.4, -0.2) is 54.5 Å². The van der Waals surface area contributed by atoms with Gasteiger partial charge in [-0.1, -0.05) is 18.2 Å². The Kier molecular flexibility index (Phi) is 5.33. The van der Waals surface area contributed by atoms with Crippen molar-refractivity contribution < 1.29 is 33.4 Å². The summed E-state index contributed by atoms with van der Waals surface area (Å²) in [6.45, 7) is 1.40. The van der Waals surface area contributed by atoms with Gasteiger partial charge >= 0.3 is 11.9 Å². The second kappa shape index (κ2) is 8.10. The molecule has 1 saturated heterocycles. The molecule has 2 aliphatic heterocycles. The molecule has 0 aromatic heterocycles. The first-order valence-corrected chi connectivity index (χ1v) is 9.65. The summed E-state index contributed by atoms with van der Waals surface area (Å²) in [4.78, 5) is 51.0. The van der Waals surface area contributed by atoms with E-state index >= 15 is 0 Å². The number of hydrogen-bond acceptors (Lipinski definition) is 7. The van der Waals surface area contributed by atoms with E-state index in [0.29, 0.717) is 5.56 Å². The molecule has 160 valence electrons. The average molecular weight is 424 g/mol. The van der Waals surface area contributed by atoms with Crippen LogP contribution in [0, 0.1) is 0 Å². The van der Waals surface area contributed by atoms with Crippen LogP contribution in [0.25, 0.3) is 0 Å². The summed E-state index contributed by atoms with van der Waals surface area (Å²) in [6.07, 6.45) is -0.343. The molecule has 0 saturated carbocycles. The zero-order valence-electron chi connectivity index (χ0n) is 16.9. The maximum Gasteiger partial charge on any atom is 0.343 e. The van der Waals surface area contributed by atoms with E-state index in [1.807, 2.05) is 0 Å². The Hall–Kier alpha value is -3.88. The van der Waals surface area contributed by atoms with Crippen LogP contribution in [-0.2, 0) is 14.3 Å². The van der Waals surface area contributed by atoms with E-state index in [1.54, 1.807) is 30.3 Å². The van der Waals surface area contributed by atoms with E-state index in [2.05, 4.69) is 5.32 Å². The van der Waals surface area contributed by atoms with Crippen molar-refractivity contribution in [3.05, 3.63) is 53.6 Å². The highest BCUT2D eigenvalue weighted by Gasteiger charge is 2.44. The Labute approximate surface area is 177 Å². The number of ether oxygens (including phenoxy) is 3. The van der Waals surface area contributed by atoms with E-state index in [-0.39, 0.29) is 35.7 Å². The SMILES string of the molecule is COc1cc2c(cc1OC(=O)c1ccccc1)NC(=O)[C@@H]1C[C@H](OC(C)=O)CN1C2=O. The fraction of sp³-hybridized carbons (Fsp3) is 0.273. The van der Waals surface area contributed by atoms with Crippen LogP contribution in [0.3, 0.4) is 0 Å². The number of carbonyl (C=O) groups excluding carboxylic acids is 4. The van der Waals surface area contributed by atoms with E-state index < -0.39 is 35.9 Å². The Morgan fingerprint density at radius 2 is 1.84 bits per heavy atom. The second-order valence-electron chi connectivity index (χ2n) is 7.23. The maximum absolute atomic E-state index is 13.1. The molecular formula is C22H20N2O7. The molecule has 31 heavy (non-hydrogen) atoms. The fourth-order valence-corrected chi connectivity index (χ4v) is 3.77. The van der Waals surface area contributed by atoms with Crippen molar-refractivity contribution in [1.82, 2.24) is 4.90 Å². The third kappa shape index (κ3) is 3.94. The first kappa shape index (κ1) is 20.4. The summed E-state index contributed by atoms with van der Waals surface area (Å²) < 4.78 is 16.0. The van der Waals surface area contributed by atoms with Gasteiger partial charge in [0.15, 0.2) is 11.5 Å². The van der Waals surface area contributed by atoms with Gasteiger partial charge in [-0.05, 0) is 18.2 Å². The van der Waals surface area contributed by atoms with Crippen molar-refractivity contribution in [2.75, 3.05) is 19.0 Å². The Morgan fingerprint density at radius 3 is 2.52 bits per heavy atom. The van der Waals surface area contributed by atoms with Crippen molar-refractivity contribution in [2.45, 2.75) is 25.5 Å². The molecule has 4 rings (SSSR count). The van der Waals surface area contributed by atoms with Gasteiger partial charge in [0.05, 0.1) is 30.5 Å². The lowest BCUT2D eigenvalue weighted by atomic mass is 10.1. The monoisotopic (exact) mass is 424 g/mol. The molecule has 0 unspecified atom stereocenters. The van der Waals surface area contributed by atoms with Gasteiger partial charge < -0.3 is 24.4 Å². The van der Waals surface area contributed by atoms with E-state index in [0.717, 1.165) is 0 Å². The van der Waals surface area contributed by atoms with Crippen molar-refractivity contribution in [3.63, 3.8) is 0 Å². The predicted octanol–water partition coefficient (Wildman–Crippen LogP) is 2.01. The first-order valence-electron chi connectivity index (χ1n) is 9.65. The standard InChI is InChI=1S/C22H20N2O7/c1-12(25)30-14-8-17-20(26)23-16-10-19(31-22(28)13-6-4-3-5-7-13)18(29-2)9-15(16)21(27)24(17)11-14/h3-7,9-10,14,17H,8,11H2,1-2H3,(H,23,26)/t14-,17-/m0/s1. The molecule has 2 aliphatic rings. The number of nitrogens with zero attached hydrogens (tertiary/aromatic N) is 1. The van der Waals surface area contributed by atoms with Gasteiger partial charge in [0.25, 0.3) is 5.91 Å². The number of fused-ring (bicyclic) bond motifs is 2. The number of rotatable bonds is 4. The summed E-state index contributed by atoms with van der Waals surface area (Å²) in [6, 6.07) is 10.5. The number of anilines is 1. The molecule has 9 heteroatoms. The van der Waals surface area contributed by atoms with Crippen LogP contribution in [0.2, 0.25) is 0 Å². The van der Waals surface area contributed by atoms with E-state index in [9.17, 15) is 19.2 Å². The summed E-state index contributed by atoms with van der Waals surface area (Å²) in [7, 11) is 1.39. The number of esters is 2. The topological polar surface area (TPSA) is 111 Å². The van der Waals surface area contributed by atoms with Crippen LogP contribution in [0.1, 0.15) is 34.1 Å². The molecule has 2 aromatic carbocycles. The molecule has 2 atom stereocenters. The molecule has 2 aromatic rings. The van der Waals surface area contributed by atoms with Crippen molar-refractivity contribution in [3.8, 4) is 11.5 Å². The number of carbonyl (C=O) groups is 4. The van der Waals surface area contributed by atoms with Crippen LogP contribution >= 0.6 is 0 Å². The van der Waals surface area contributed by atoms with Gasteiger partial charge in [0.1, 0.15) is 12.1 Å². The highest BCUT2D eigenvalue weighted by atomic mass is 16.6. The summed E-state index contributed by atoms with van der Waals surface area (Å²) in [5, 5.41) is 2.71. The number of hydrogen-bond donors (Lipinski definition) is 1. The van der Waals surface area contributed by atoms with Crippen molar-refractivity contribution in [1.29, 1.82) is 0 Å². The summed E-state index contributed by atoms with van der Waals surface area (Å²) >= 11 is 0. The number of methoxy groups -OCH3 is 1. The van der Waals surface area contributed by atoms with Crippen LogP contribution < -0.4 is 14.8 Å². The fourth-order valence-electron chi connectivity index (χ4n) is 3.77. The summed E-state index contributed by atoms with van der Waals surface area (Å²) in [5.41, 5.74) is 0.748. The minimum Gasteiger partial charge on any atom is -0.493 e. The number of nitrogens with one attached hydrogen (secondary N) is 1. The normalized spacial score (nSPS) is 19.6. The minimum absolute atomic E-state index is 0.0723. The zero-order chi connectivity index (χ0) is 22.1. The molecule has 1 fully saturated rings. The van der Waals surface area contributed by atoms with E-state index in [1.165, 1.54) is 31.1 Å². The third-order valence-corrected chi connectivity index (χ3v) is 5.16. The molecule has 0 bridgehead atoms. The summed E-state index contributed by atoms with van der Waals surface area (Å²) in [5.74, 6) is -1.65.